The zero-order chi connectivity index (χ0) is 22.3. The minimum absolute atomic E-state index is 0.00700. The van der Waals surface area contributed by atoms with Crippen LogP contribution in [0.3, 0.4) is 0 Å². The summed E-state index contributed by atoms with van der Waals surface area (Å²) in [5.74, 6) is -0.355. The number of ether oxygens (including phenoxy) is 1. The van der Waals surface area contributed by atoms with Crippen LogP contribution in [0.5, 0.6) is 0 Å². The first kappa shape index (κ1) is 21.7. The molecule has 1 saturated carbocycles. The van der Waals surface area contributed by atoms with Gasteiger partial charge >= 0.3 is 5.97 Å². The number of carbonyl (C=O) groups excluding carboxylic acids is 2. The summed E-state index contributed by atoms with van der Waals surface area (Å²) in [5.41, 5.74) is 5.31. The van der Waals surface area contributed by atoms with Gasteiger partial charge in [-0.15, -0.1) is 0 Å². The van der Waals surface area contributed by atoms with Gasteiger partial charge in [0.15, 0.2) is 5.17 Å². The molecule has 1 amide bonds. The first-order valence-corrected chi connectivity index (χ1v) is 11.6. The molecule has 2 heterocycles. The summed E-state index contributed by atoms with van der Waals surface area (Å²) in [6.07, 6.45) is 2.13. The van der Waals surface area contributed by atoms with Crippen LogP contribution in [0.4, 0.5) is 0 Å². The highest BCUT2D eigenvalue weighted by molar-refractivity contribution is 8.16. The summed E-state index contributed by atoms with van der Waals surface area (Å²) in [7, 11) is 0. The smallest absolute Gasteiger partial charge is 0.338 e. The molecular formula is C24H29N3O3S. The van der Waals surface area contributed by atoms with Gasteiger partial charge < -0.3 is 15.0 Å². The van der Waals surface area contributed by atoms with E-state index < -0.39 is 0 Å². The van der Waals surface area contributed by atoms with Crippen molar-refractivity contribution in [2.75, 3.05) is 0 Å². The Labute approximate surface area is 187 Å². The molecule has 1 aromatic carbocycles. The van der Waals surface area contributed by atoms with E-state index in [1.807, 2.05) is 31.1 Å². The number of thioether (sulfide) groups is 1. The van der Waals surface area contributed by atoms with Crippen molar-refractivity contribution in [3.8, 4) is 0 Å². The third-order valence-corrected chi connectivity index (χ3v) is 6.46. The molecule has 1 aliphatic carbocycles. The summed E-state index contributed by atoms with van der Waals surface area (Å²) in [6.45, 7) is 9.66. The predicted octanol–water partition coefficient (Wildman–Crippen LogP) is 4.50. The minimum atomic E-state index is -0.380. The number of allylic oxidation sites excluding steroid dienone is 1. The van der Waals surface area contributed by atoms with Crippen molar-refractivity contribution in [1.82, 2.24) is 10.2 Å². The zero-order valence-corrected chi connectivity index (χ0v) is 19.5. The van der Waals surface area contributed by atoms with Crippen molar-refractivity contribution in [2.24, 2.45) is 4.99 Å². The number of aliphatic imine (C=N–C) groups is 1. The van der Waals surface area contributed by atoms with Crippen LogP contribution in [0.1, 0.15) is 62.8 Å². The Morgan fingerprint density at radius 2 is 2.00 bits per heavy atom. The summed E-state index contributed by atoms with van der Waals surface area (Å²) >= 11 is 1.50. The quantitative estimate of drug-likeness (QED) is 0.661. The fourth-order valence-electron chi connectivity index (χ4n) is 4.01. The maximum atomic E-state index is 13.2. The van der Waals surface area contributed by atoms with E-state index in [4.69, 9.17) is 9.73 Å². The van der Waals surface area contributed by atoms with E-state index in [0.717, 1.165) is 40.4 Å². The molecule has 31 heavy (non-hydrogen) atoms. The third kappa shape index (κ3) is 4.56. The van der Waals surface area contributed by atoms with Crippen molar-refractivity contribution in [3.63, 3.8) is 0 Å². The van der Waals surface area contributed by atoms with Crippen LogP contribution in [0, 0.1) is 13.8 Å². The molecule has 4 rings (SSSR count). The molecule has 0 spiro atoms. The lowest BCUT2D eigenvalue weighted by molar-refractivity contribution is -0.143. The fraction of sp³-hybridized carbons (Fsp3) is 0.458. The highest BCUT2D eigenvalue weighted by Gasteiger charge is 2.42. The number of fused-ring (bicyclic) bond motifs is 1. The topological polar surface area (TPSA) is 71.0 Å². The second kappa shape index (κ2) is 8.54. The lowest BCUT2D eigenvalue weighted by Gasteiger charge is -2.37. The van der Waals surface area contributed by atoms with Crippen LogP contribution in [0.2, 0.25) is 0 Å². The van der Waals surface area contributed by atoms with Crippen molar-refractivity contribution in [3.05, 3.63) is 57.3 Å². The minimum Gasteiger partial charge on any atom is -0.459 e. The number of amidine groups is 1. The van der Waals surface area contributed by atoms with Crippen molar-refractivity contribution in [1.29, 1.82) is 0 Å². The third-order valence-electron chi connectivity index (χ3n) is 5.57. The van der Waals surface area contributed by atoms with Crippen LogP contribution >= 0.6 is 11.8 Å². The largest absolute Gasteiger partial charge is 0.459 e. The van der Waals surface area contributed by atoms with Gasteiger partial charge in [-0.05, 0) is 64.0 Å². The van der Waals surface area contributed by atoms with Gasteiger partial charge in [-0.2, -0.15) is 0 Å². The lowest BCUT2D eigenvalue weighted by Crippen LogP contribution is -2.38. The second-order valence-corrected chi connectivity index (χ2v) is 9.56. The molecule has 0 saturated heterocycles. The molecule has 6 nitrogen and oxygen atoms in total. The van der Waals surface area contributed by atoms with Gasteiger partial charge in [-0.25, -0.2) is 9.79 Å². The molecule has 0 unspecified atom stereocenters. The number of carbonyl (C=O) groups is 2. The number of benzene rings is 1. The SMILES string of the molecule is CC1=C(C(=O)OC(C)C)[C@@H](c2ccc(C)cc2C)N2C(CC(=O)NC3CC3)=CSC2=N1. The summed E-state index contributed by atoms with van der Waals surface area (Å²) in [4.78, 5) is 32.5. The van der Waals surface area contributed by atoms with E-state index in [0.29, 0.717) is 17.3 Å². The first-order valence-electron chi connectivity index (χ1n) is 10.8. The van der Waals surface area contributed by atoms with Crippen LogP contribution in [-0.2, 0) is 14.3 Å². The normalized spacial score (nSPS) is 20.5. The maximum absolute atomic E-state index is 13.2. The molecular weight excluding hydrogens is 410 g/mol. The van der Waals surface area contributed by atoms with E-state index in [9.17, 15) is 9.59 Å². The average Bonchev–Trinajstić information content (AvgIpc) is 3.39. The number of nitrogens with one attached hydrogen (secondary N) is 1. The first-order chi connectivity index (χ1) is 14.7. The van der Waals surface area contributed by atoms with E-state index in [1.54, 1.807) is 0 Å². The van der Waals surface area contributed by atoms with E-state index >= 15 is 0 Å². The molecule has 0 radical (unpaired) electrons. The molecule has 2 aliphatic heterocycles. The van der Waals surface area contributed by atoms with Crippen molar-refractivity contribution in [2.45, 2.75) is 72.1 Å². The Kier molecular flexibility index (Phi) is 5.97. The number of aryl methyl sites for hydroxylation is 2. The second-order valence-electron chi connectivity index (χ2n) is 8.73. The van der Waals surface area contributed by atoms with Crippen LogP contribution < -0.4 is 5.32 Å². The summed E-state index contributed by atoms with van der Waals surface area (Å²) in [6, 6.07) is 6.17. The van der Waals surface area contributed by atoms with Gasteiger partial charge in [0.25, 0.3) is 0 Å². The molecule has 0 aromatic heterocycles. The molecule has 0 bridgehead atoms. The standard InChI is InChI=1S/C24H29N3O3S/c1-13(2)30-23(29)21-16(5)25-24-27(22(21)19-9-6-14(3)10-15(19)4)18(12-31-24)11-20(28)26-17-7-8-17/h6,9-10,12-13,17,22H,7-8,11H2,1-5H3,(H,26,28)/t22-/m1/s1. The highest BCUT2D eigenvalue weighted by atomic mass is 32.2. The number of nitrogens with zero attached hydrogens (tertiary/aromatic N) is 2. The van der Waals surface area contributed by atoms with Crippen LogP contribution in [0.25, 0.3) is 0 Å². The Morgan fingerprint density at radius 1 is 1.26 bits per heavy atom. The molecule has 3 aliphatic rings. The van der Waals surface area contributed by atoms with Gasteiger partial charge in [-0.3, -0.25) is 4.79 Å². The summed E-state index contributed by atoms with van der Waals surface area (Å²) < 4.78 is 5.60. The number of hydrogen-bond donors (Lipinski definition) is 1. The van der Waals surface area contributed by atoms with E-state index in [2.05, 4.69) is 37.4 Å². The van der Waals surface area contributed by atoms with Crippen molar-refractivity contribution >= 4 is 28.8 Å². The number of esters is 1. The lowest BCUT2D eigenvalue weighted by atomic mass is 9.90. The number of rotatable bonds is 6. The number of hydrogen-bond acceptors (Lipinski definition) is 6. The van der Waals surface area contributed by atoms with E-state index in [1.165, 1.54) is 11.8 Å². The maximum Gasteiger partial charge on any atom is 0.338 e. The van der Waals surface area contributed by atoms with Gasteiger partial charge in [0.05, 0.1) is 29.8 Å². The summed E-state index contributed by atoms with van der Waals surface area (Å²) in [5, 5.41) is 5.83. The predicted molar refractivity (Wildman–Crippen MR) is 123 cm³/mol. The molecule has 1 atom stereocenters. The average molecular weight is 440 g/mol. The molecule has 1 N–H and O–H groups in total. The molecule has 1 aromatic rings. The Bertz CT molecular complexity index is 1020. The Morgan fingerprint density at radius 3 is 2.65 bits per heavy atom. The molecule has 1 fully saturated rings. The monoisotopic (exact) mass is 439 g/mol. The fourth-order valence-corrected chi connectivity index (χ4v) is 4.97. The van der Waals surface area contributed by atoms with Gasteiger partial charge in [0, 0.05) is 11.7 Å². The van der Waals surface area contributed by atoms with Gasteiger partial charge in [-0.1, -0.05) is 35.5 Å². The highest BCUT2D eigenvalue weighted by Crippen LogP contribution is 2.45. The molecule has 7 heteroatoms. The van der Waals surface area contributed by atoms with Crippen LogP contribution in [-0.4, -0.2) is 34.1 Å². The van der Waals surface area contributed by atoms with Crippen LogP contribution in [0.15, 0.2) is 45.6 Å². The Hall–Kier alpha value is -2.54. The molecule has 164 valence electrons. The Balaban J connectivity index is 1.75. The number of amides is 1. The van der Waals surface area contributed by atoms with Crippen molar-refractivity contribution < 1.29 is 14.3 Å². The zero-order valence-electron chi connectivity index (χ0n) is 18.7. The van der Waals surface area contributed by atoms with E-state index in [-0.39, 0.29) is 30.4 Å². The van der Waals surface area contributed by atoms with Gasteiger partial charge in [0.1, 0.15) is 0 Å². The van der Waals surface area contributed by atoms with Gasteiger partial charge in [0.2, 0.25) is 5.91 Å².